The first-order valence-electron chi connectivity index (χ1n) is 2.11. The fraction of sp³-hybridized carbons (Fsp3) is 0.750. The minimum absolute atomic E-state index is 0.0833. The van der Waals surface area contributed by atoms with Crippen LogP contribution in [-0.2, 0) is 9.57 Å². The molecule has 0 saturated carbocycles. The van der Waals surface area contributed by atoms with E-state index in [1.165, 1.54) is 0 Å². The third kappa shape index (κ3) is 0.899. The van der Waals surface area contributed by atoms with Crippen LogP contribution in [0.2, 0.25) is 0 Å². The zero-order valence-electron chi connectivity index (χ0n) is 4.13. The first-order chi connectivity index (χ1) is 3.43. The van der Waals surface area contributed by atoms with Gasteiger partial charge in [0.2, 0.25) is 0 Å². The number of hydrogen-bond donors (Lipinski definition) is 0. The predicted octanol–water partition coefficient (Wildman–Crippen LogP) is 0.0174. The highest BCUT2D eigenvalue weighted by Crippen LogP contribution is 1.94. The van der Waals surface area contributed by atoms with Crippen LogP contribution >= 0.6 is 0 Å². The Morgan fingerprint density at radius 2 is 2.86 bits per heavy atom. The van der Waals surface area contributed by atoms with Crippen molar-refractivity contribution in [2.75, 3.05) is 13.7 Å². The van der Waals surface area contributed by atoms with Crippen molar-refractivity contribution < 1.29 is 9.57 Å². The molecule has 0 radical (unpaired) electrons. The maximum atomic E-state index is 4.84. The van der Waals surface area contributed by atoms with E-state index in [2.05, 4.69) is 9.99 Å². The molecule has 1 atom stereocenters. The molecule has 0 aliphatic carbocycles. The van der Waals surface area contributed by atoms with Gasteiger partial charge in [0.1, 0.15) is 12.7 Å². The number of ether oxygens (including phenoxy) is 1. The largest absolute Gasteiger partial charge is 0.393 e. The van der Waals surface area contributed by atoms with Crippen LogP contribution in [0.1, 0.15) is 0 Å². The average molecular weight is 101 g/mol. The van der Waals surface area contributed by atoms with Crippen molar-refractivity contribution >= 4 is 6.21 Å². The lowest BCUT2D eigenvalue weighted by molar-refractivity contribution is 0.0757. The van der Waals surface area contributed by atoms with Gasteiger partial charge in [-0.3, -0.25) is 0 Å². The highest BCUT2D eigenvalue weighted by molar-refractivity contribution is 5.63. The van der Waals surface area contributed by atoms with E-state index < -0.39 is 0 Å². The van der Waals surface area contributed by atoms with Crippen LogP contribution in [-0.4, -0.2) is 26.0 Å². The van der Waals surface area contributed by atoms with Gasteiger partial charge in [0.15, 0.2) is 0 Å². The second kappa shape index (κ2) is 1.93. The van der Waals surface area contributed by atoms with Gasteiger partial charge in [0.25, 0.3) is 0 Å². The highest BCUT2D eigenvalue weighted by Gasteiger charge is 2.08. The third-order valence-corrected chi connectivity index (χ3v) is 0.843. The Kier molecular flexibility index (Phi) is 1.26. The van der Waals surface area contributed by atoms with Crippen LogP contribution in [0.3, 0.4) is 0 Å². The fourth-order valence-corrected chi connectivity index (χ4v) is 0.399. The van der Waals surface area contributed by atoms with Crippen molar-refractivity contribution in [3.8, 4) is 0 Å². The lowest BCUT2D eigenvalue weighted by Crippen LogP contribution is -2.11. The summed E-state index contributed by atoms with van der Waals surface area (Å²) in [6, 6.07) is 0. The summed E-state index contributed by atoms with van der Waals surface area (Å²) < 4.78 is 4.84. The average Bonchev–Trinajstić information content (AvgIpc) is 2.14. The Bertz CT molecular complexity index is 81.8. The highest BCUT2D eigenvalue weighted by atomic mass is 16.7. The van der Waals surface area contributed by atoms with Crippen LogP contribution in [0.5, 0.6) is 0 Å². The third-order valence-electron chi connectivity index (χ3n) is 0.843. The molecule has 0 fully saturated rings. The summed E-state index contributed by atoms with van der Waals surface area (Å²) in [5.41, 5.74) is 0. The molecule has 1 rings (SSSR count). The molecule has 1 unspecified atom stereocenters. The Labute approximate surface area is 41.9 Å². The molecular weight excluding hydrogens is 94.0 g/mol. The first kappa shape index (κ1) is 4.59. The molecule has 0 saturated heterocycles. The van der Waals surface area contributed by atoms with Gasteiger partial charge >= 0.3 is 0 Å². The van der Waals surface area contributed by atoms with E-state index in [0.717, 1.165) is 0 Å². The lowest BCUT2D eigenvalue weighted by atomic mass is 10.4. The van der Waals surface area contributed by atoms with Gasteiger partial charge in [0, 0.05) is 7.11 Å². The van der Waals surface area contributed by atoms with Gasteiger partial charge in [-0.25, -0.2) is 0 Å². The molecule has 7 heavy (non-hydrogen) atoms. The molecule has 0 amide bonds. The minimum Gasteiger partial charge on any atom is -0.393 e. The van der Waals surface area contributed by atoms with E-state index in [1.54, 1.807) is 13.3 Å². The summed E-state index contributed by atoms with van der Waals surface area (Å²) in [7, 11) is 1.63. The first-order valence-corrected chi connectivity index (χ1v) is 2.11. The monoisotopic (exact) mass is 101 g/mol. The van der Waals surface area contributed by atoms with Crippen LogP contribution in [0, 0.1) is 0 Å². The second-order valence-corrected chi connectivity index (χ2v) is 1.32. The second-order valence-electron chi connectivity index (χ2n) is 1.32. The normalized spacial score (nSPS) is 27.9. The fourth-order valence-electron chi connectivity index (χ4n) is 0.399. The number of hydrogen-bond acceptors (Lipinski definition) is 3. The summed E-state index contributed by atoms with van der Waals surface area (Å²) >= 11 is 0. The van der Waals surface area contributed by atoms with Crippen molar-refractivity contribution in [1.29, 1.82) is 0 Å². The summed E-state index contributed by atoms with van der Waals surface area (Å²) in [5.74, 6) is 0. The van der Waals surface area contributed by atoms with E-state index in [0.29, 0.717) is 6.61 Å². The van der Waals surface area contributed by atoms with E-state index in [-0.39, 0.29) is 6.10 Å². The quantitative estimate of drug-likeness (QED) is 0.466. The summed E-state index contributed by atoms with van der Waals surface area (Å²) in [5, 5.41) is 3.49. The van der Waals surface area contributed by atoms with Crippen LogP contribution in [0.25, 0.3) is 0 Å². The molecule has 0 N–H and O–H groups in total. The molecule has 0 aromatic heterocycles. The molecule has 3 nitrogen and oxygen atoms in total. The number of nitrogens with zero attached hydrogens (tertiary/aromatic N) is 1. The van der Waals surface area contributed by atoms with Crippen LogP contribution in [0.15, 0.2) is 5.16 Å². The number of methoxy groups -OCH3 is 1. The number of rotatable bonds is 1. The van der Waals surface area contributed by atoms with E-state index in [4.69, 9.17) is 4.74 Å². The molecule has 0 aromatic carbocycles. The van der Waals surface area contributed by atoms with Crippen molar-refractivity contribution in [3.05, 3.63) is 0 Å². The SMILES string of the molecule is COC1C=NOC1. The molecule has 40 valence electrons. The van der Waals surface area contributed by atoms with Gasteiger partial charge < -0.3 is 9.57 Å². The van der Waals surface area contributed by atoms with E-state index in [9.17, 15) is 0 Å². The molecular formula is C4H7NO2. The van der Waals surface area contributed by atoms with Gasteiger partial charge in [-0.1, -0.05) is 5.16 Å². The van der Waals surface area contributed by atoms with Gasteiger partial charge in [-0.05, 0) is 0 Å². The maximum Gasteiger partial charge on any atom is 0.148 e. The minimum atomic E-state index is 0.0833. The Balaban J connectivity index is 2.28. The predicted molar refractivity (Wildman–Crippen MR) is 25.2 cm³/mol. The Morgan fingerprint density at radius 1 is 2.00 bits per heavy atom. The van der Waals surface area contributed by atoms with Crippen molar-refractivity contribution in [1.82, 2.24) is 0 Å². The maximum absolute atomic E-state index is 4.84. The lowest BCUT2D eigenvalue weighted by Gasteiger charge is -1.96. The van der Waals surface area contributed by atoms with Crippen molar-refractivity contribution in [2.45, 2.75) is 6.10 Å². The van der Waals surface area contributed by atoms with E-state index in [1.807, 2.05) is 0 Å². The van der Waals surface area contributed by atoms with Gasteiger partial charge in [-0.2, -0.15) is 0 Å². The van der Waals surface area contributed by atoms with Crippen LogP contribution in [0.4, 0.5) is 0 Å². The molecule has 3 heteroatoms. The zero-order chi connectivity index (χ0) is 5.11. The summed E-state index contributed by atoms with van der Waals surface area (Å²) in [4.78, 5) is 4.59. The molecule has 0 bridgehead atoms. The Hall–Kier alpha value is -0.570. The summed E-state index contributed by atoms with van der Waals surface area (Å²) in [6.07, 6.45) is 1.72. The topological polar surface area (TPSA) is 30.8 Å². The molecule has 0 spiro atoms. The number of oxime groups is 1. The molecule has 1 heterocycles. The molecule has 1 aliphatic rings. The van der Waals surface area contributed by atoms with Crippen molar-refractivity contribution in [3.63, 3.8) is 0 Å². The van der Waals surface area contributed by atoms with Gasteiger partial charge in [-0.15, -0.1) is 0 Å². The van der Waals surface area contributed by atoms with Crippen molar-refractivity contribution in [2.24, 2.45) is 5.16 Å². The summed E-state index contributed by atoms with van der Waals surface area (Å²) in [6.45, 7) is 0.566. The molecule has 0 aromatic rings. The van der Waals surface area contributed by atoms with Crippen LogP contribution < -0.4 is 0 Å². The van der Waals surface area contributed by atoms with Gasteiger partial charge in [0.05, 0.1) is 6.21 Å². The molecule has 1 aliphatic heterocycles. The van der Waals surface area contributed by atoms with E-state index >= 15 is 0 Å². The zero-order valence-corrected chi connectivity index (χ0v) is 4.13. The smallest absolute Gasteiger partial charge is 0.148 e. The Morgan fingerprint density at radius 3 is 3.14 bits per heavy atom. The standard InChI is InChI=1S/C4H7NO2/c1-6-4-2-5-7-3-4/h2,4H,3H2,1H3.